The third kappa shape index (κ3) is 4.89. The van der Waals surface area contributed by atoms with Gasteiger partial charge in [0.15, 0.2) is 5.65 Å². The Labute approximate surface area is 185 Å². The SMILES string of the molecule is CCCOc1ccc(-c2nn3c(C)cc(C(C)C)nc3c2CC(=O)N(CC)CC)cc1. The number of benzene rings is 1. The van der Waals surface area contributed by atoms with E-state index in [9.17, 15) is 4.79 Å². The summed E-state index contributed by atoms with van der Waals surface area (Å²) >= 11 is 0. The molecule has 0 saturated heterocycles. The molecule has 2 aromatic heterocycles. The summed E-state index contributed by atoms with van der Waals surface area (Å²) in [4.78, 5) is 19.8. The molecule has 166 valence electrons. The molecule has 0 fully saturated rings. The minimum Gasteiger partial charge on any atom is -0.494 e. The first-order valence-corrected chi connectivity index (χ1v) is 11.3. The van der Waals surface area contributed by atoms with Crippen LogP contribution >= 0.6 is 0 Å². The first-order valence-electron chi connectivity index (χ1n) is 11.3. The summed E-state index contributed by atoms with van der Waals surface area (Å²) in [6.45, 7) is 14.5. The molecular weight excluding hydrogens is 388 g/mol. The molecule has 0 saturated carbocycles. The summed E-state index contributed by atoms with van der Waals surface area (Å²) in [7, 11) is 0. The average Bonchev–Trinajstić information content (AvgIpc) is 3.12. The number of carbonyl (C=O) groups is 1. The third-order valence-corrected chi connectivity index (χ3v) is 5.52. The molecule has 1 amide bonds. The number of aromatic nitrogens is 3. The number of carbonyl (C=O) groups excluding carboxylic acids is 1. The third-order valence-electron chi connectivity index (χ3n) is 5.52. The van der Waals surface area contributed by atoms with E-state index < -0.39 is 0 Å². The predicted octanol–water partition coefficient (Wildman–Crippen LogP) is 5.03. The summed E-state index contributed by atoms with van der Waals surface area (Å²) in [6, 6.07) is 10.0. The Morgan fingerprint density at radius 1 is 1.13 bits per heavy atom. The molecule has 6 heteroatoms. The van der Waals surface area contributed by atoms with Crippen molar-refractivity contribution in [1.82, 2.24) is 19.5 Å². The molecule has 0 radical (unpaired) electrons. The van der Waals surface area contributed by atoms with Gasteiger partial charge in [-0.15, -0.1) is 0 Å². The van der Waals surface area contributed by atoms with Crippen molar-refractivity contribution in [3.63, 3.8) is 0 Å². The van der Waals surface area contributed by atoms with Crippen LogP contribution in [0.25, 0.3) is 16.9 Å². The maximum Gasteiger partial charge on any atom is 0.227 e. The van der Waals surface area contributed by atoms with Crippen LogP contribution in [-0.2, 0) is 11.2 Å². The highest BCUT2D eigenvalue weighted by Gasteiger charge is 2.22. The second-order valence-electron chi connectivity index (χ2n) is 8.16. The summed E-state index contributed by atoms with van der Waals surface area (Å²) < 4.78 is 7.59. The van der Waals surface area contributed by atoms with E-state index in [1.165, 1.54) is 0 Å². The van der Waals surface area contributed by atoms with E-state index in [2.05, 4.69) is 26.8 Å². The summed E-state index contributed by atoms with van der Waals surface area (Å²) in [6.07, 6.45) is 1.25. The van der Waals surface area contributed by atoms with Crippen LogP contribution in [-0.4, -0.2) is 45.1 Å². The highest BCUT2D eigenvalue weighted by Crippen LogP contribution is 2.29. The van der Waals surface area contributed by atoms with Crippen molar-refractivity contribution in [1.29, 1.82) is 0 Å². The van der Waals surface area contributed by atoms with Gasteiger partial charge in [0.25, 0.3) is 0 Å². The molecule has 0 aliphatic heterocycles. The van der Waals surface area contributed by atoms with Crippen molar-refractivity contribution in [2.75, 3.05) is 19.7 Å². The number of rotatable bonds is 9. The summed E-state index contributed by atoms with van der Waals surface area (Å²) in [5.41, 5.74) is 5.44. The van der Waals surface area contributed by atoms with E-state index in [4.69, 9.17) is 14.8 Å². The lowest BCUT2D eigenvalue weighted by Crippen LogP contribution is -2.31. The molecule has 1 aromatic carbocycles. The first kappa shape index (κ1) is 22.8. The van der Waals surface area contributed by atoms with E-state index in [-0.39, 0.29) is 12.3 Å². The summed E-state index contributed by atoms with van der Waals surface area (Å²) in [5.74, 6) is 1.23. The van der Waals surface area contributed by atoms with Gasteiger partial charge in [0.05, 0.1) is 18.7 Å². The second-order valence-corrected chi connectivity index (χ2v) is 8.16. The lowest BCUT2D eigenvalue weighted by molar-refractivity contribution is -0.130. The quantitative estimate of drug-likeness (QED) is 0.485. The first-order chi connectivity index (χ1) is 14.9. The lowest BCUT2D eigenvalue weighted by atomic mass is 10.0. The van der Waals surface area contributed by atoms with Gasteiger partial charge in [-0.05, 0) is 63.4 Å². The fourth-order valence-electron chi connectivity index (χ4n) is 3.69. The maximum atomic E-state index is 13.0. The van der Waals surface area contributed by atoms with Gasteiger partial charge in [0.2, 0.25) is 5.91 Å². The molecule has 0 aliphatic rings. The Kier molecular flexibility index (Phi) is 7.31. The minimum absolute atomic E-state index is 0.0958. The van der Waals surface area contributed by atoms with E-state index in [1.807, 2.05) is 54.5 Å². The predicted molar refractivity (Wildman–Crippen MR) is 125 cm³/mol. The van der Waals surface area contributed by atoms with Gasteiger partial charge in [-0.25, -0.2) is 9.50 Å². The minimum atomic E-state index is 0.0958. The van der Waals surface area contributed by atoms with Gasteiger partial charge in [0.1, 0.15) is 5.75 Å². The summed E-state index contributed by atoms with van der Waals surface area (Å²) in [5, 5.41) is 4.88. The number of likely N-dealkylation sites (N-methyl/N-ethyl adjacent to an activating group) is 1. The Hall–Kier alpha value is -2.89. The average molecular weight is 423 g/mol. The van der Waals surface area contributed by atoms with Crippen molar-refractivity contribution in [2.24, 2.45) is 0 Å². The van der Waals surface area contributed by atoms with Crippen molar-refractivity contribution < 1.29 is 9.53 Å². The molecule has 0 N–H and O–H groups in total. The number of fused-ring (bicyclic) bond motifs is 1. The molecule has 0 spiro atoms. The van der Waals surface area contributed by atoms with Crippen LogP contribution in [0.5, 0.6) is 5.75 Å². The van der Waals surface area contributed by atoms with Crippen LogP contribution < -0.4 is 4.74 Å². The number of amides is 1. The standard InChI is InChI=1S/C25H34N4O2/c1-7-14-31-20-12-10-19(11-13-20)24-21(16-23(30)28(8-2)9-3)25-26-22(17(4)5)15-18(6)29(25)27-24/h10-13,15,17H,7-9,14,16H2,1-6H3. The van der Waals surface area contributed by atoms with Crippen molar-refractivity contribution in [3.05, 3.63) is 47.3 Å². The Morgan fingerprint density at radius 2 is 1.81 bits per heavy atom. The zero-order valence-corrected chi connectivity index (χ0v) is 19.6. The molecule has 0 unspecified atom stereocenters. The van der Waals surface area contributed by atoms with E-state index >= 15 is 0 Å². The van der Waals surface area contributed by atoms with Gasteiger partial charge >= 0.3 is 0 Å². The monoisotopic (exact) mass is 422 g/mol. The van der Waals surface area contributed by atoms with Crippen molar-refractivity contribution in [3.8, 4) is 17.0 Å². The smallest absolute Gasteiger partial charge is 0.227 e. The number of hydrogen-bond donors (Lipinski definition) is 0. The van der Waals surface area contributed by atoms with Crippen molar-refractivity contribution in [2.45, 2.75) is 60.3 Å². The number of aryl methyl sites for hydroxylation is 1. The molecular formula is C25H34N4O2. The fourth-order valence-corrected chi connectivity index (χ4v) is 3.69. The number of ether oxygens (including phenoxy) is 1. The van der Waals surface area contributed by atoms with Crippen LogP contribution in [0.3, 0.4) is 0 Å². The molecule has 3 rings (SSSR count). The van der Waals surface area contributed by atoms with Crippen LogP contribution in [0.1, 0.15) is 63.9 Å². The van der Waals surface area contributed by atoms with Crippen LogP contribution in [0.4, 0.5) is 0 Å². The molecule has 31 heavy (non-hydrogen) atoms. The van der Waals surface area contributed by atoms with E-state index in [0.717, 1.165) is 46.0 Å². The van der Waals surface area contributed by atoms with E-state index in [0.29, 0.717) is 25.6 Å². The Bertz CT molecular complexity index is 1030. The van der Waals surface area contributed by atoms with Crippen LogP contribution in [0.15, 0.2) is 30.3 Å². The second kappa shape index (κ2) is 9.94. The topological polar surface area (TPSA) is 59.7 Å². The van der Waals surface area contributed by atoms with Crippen LogP contribution in [0, 0.1) is 6.92 Å². The molecule has 0 aliphatic carbocycles. The van der Waals surface area contributed by atoms with Gasteiger partial charge in [-0.3, -0.25) is 4.79 Å². The Balaban J connectivity index is 2.13. The van der Waals surface area contributed by atoms with Gasteiger partial charge in [0, 0.05) is 35.6 Å². The van der Waals surface area contributed by atoms with Gasteiger partial charge in [-0.1, -0.05) is 20.8 Å². The fraction of sp³-hybridized carbons (Fsp3) is 0.480. The molecule has 0 bridgehead atoms. The van der Waals surface area contributed by atoms with Crippen LogP contribution in [0.2, 0.25) is 0 Å². The zero-order chi connectivity index (χ0) is 22.5. The van der Waals surface area contributed by atoms with E-state index in [1.54, 1.807) is 0 Å². The number of nitrogens with zero attached hydrogens (tertiary/aromatic N) is 4. The van der Waals surface area contributed by atoms with Crippen molar-refractivity contribution >= 4 is 11.6 Å². The largest absolute Gasteiger partial charge is 0.494 e. The molecule has 3 aromatic rings. The molecule has 6 nitrogen and oxygen atoms in total. The van der Waals surface area contributed by atoms with Gasteiger partial charge in [-0.2, -0.15) is 5.10 Å². The highest BCUT2D eigenvalue weighted by molar-refractivity contribution is 5.84. The Morgan fingerprint density at radius 3 is 2.39 bits per heavy atom. The molecule has 2 heterocycles. The zero-order valence-electron chi connectivity index (χ0n) is 19.6. The lowest BCUT2D eigenvalue weighted by Gasteiger charge is -2.18. The highest BCUT2D eigenvalue weighted by atomic mass is 16.5. The number of hydrogen-bond acceptors (Lipinski definition) is 4. The maximum absolute atomic E-state index is 13.0. The van der Waals surface area contributed by atoms with Gasteiger partial charge < -0.3 is 9.64 Å². The molecule has 0 atom stereocenters. The normalized spacial score (nSPS) is 11.3.